The van der Waals surface area contributed by atoms with Gasteiger partial charge in [0, 0.05) is 17.9 Å². The lowest BCUT2D eigenvalue weighted by atomic mass is 10.0. The Bertz CT molecular complexity index is 1130. The molecule has 144 valence electrons. The van der Waals surface area contributed by atoms with E-state index in [1.165, 1.54) is 29.5 Å². The molecule has 1 amide bonds. The van der Waals surface area contributed by atoms with Gasteiger partial charge in [0.25, 0.3) is 15.9 Å². The lowest BCUT2D eigenvalue weighted by Gasteiger charge is -2.29. The highest BCUT2D eigenvalue weighted by Gasteiger charge is 2.25. The molecule has 0 saturated carbocycles. The second-order valence-corrected chi connectivity index (χ2v) is 9.07. The average Bonchev–Trinajstić information content (AvgIpc) is 3.21. The van der Waals surface area contributed by atoms with Crippen LogP contribution in [0.25, 0.3) is 0 Å². The predicted octanol–water partition coefficient (Wildman–Crippen LogP) is 4.28. The molecule has 4 rings (SSSR count). The number of sulfonamides is 1. The van der Waals surface area contributed by atoms with Gasteiger partial charge >= 0.3 is 0 Å². The molecule has 0 saturated heterocycles. The van der Waals surface area contributed by atoms with Crippen LogP contribution in [0.4, 0.5) is 15.8 Å². The summed E-state index contributed by atoms with van der Waals surface area (Å²) in [7, 11) is -3.90. The van der Waals surface area contributed by atoms with Crippen LogP contribution < -0.4 is 9.62 Å². The van der Waals surface area contributed by atoms with Gasteiger partial charge in [0.2, 0.25) is 0 Å². The van der Waals surface area contributed by atoms with Crippen LogP contribution in [0.1, 0.15) is 21.7 Å². The largest absolute Gasteiger partial charge is 0.307 e. The van der Waals surface area contributed by atoms with Gasteiger partial charge in [0.15, 0.2) is 0 Å². The smallest absolute Gasteiger partial charge is 0.268 e. The van der Waals surface area contributed by atoms with Crippen LogP contribution in [0.2, 0.25) is 0 Å². The first-order chi connectivity index (χ1) is 13.4. The molecule has 0 radical (unpaired) electrons. The number of rotatable bonds is 4. The maximum absolute atomic E-state index is 13.4. The molecule has 8 heteroatoms. The maximum atomic E-state index is 13.4. The number of halogens is 1. The van der Waals surface area contributed by atoms with Gasteiger partial charge in [0.1, 0.15) is 5.82 Å². The summed E-state index contributed by atoms with van der Waals surface area (Å²) in [5.74, 6) is -0.667. The van der Waals surface area contributed by atoms with E-state index in [2.05, 4.69) is 4.72 Å². The summed E-state index contributed by atoms with van der Waals surface area (Å²) in [6.45, 7) is 0.623. The van der Waals surface area contributed by atoms with Gasteiger partial charge in [-0.15, -0.1) is 11.3 Å². The lowest BCUT2D eigenvalue weighted by molar-refractivity contribution is 0.0989. The molecule has 0 unspecified atom stereocenters. The summed E-state index contributed by atoms with van der Waals surface area (Å²) in [6.07, 6.45) is 1.54. The van der Waals surface area contributed by atoms with Crippen molar-refractivity contribution in [3.63, 3.8) is 0 Å². The first-order valence-electron chi connectivity index (χ1n) is 8.71. The Morgan fingerprint density at radius 1 is 1.11 bits per heavy atom. The minimum atomic E-state index is -3.90. The van der Waals surface area contributed by atoms with Crippen molar-refractivity contribution in [2.24, 2.45) is 0 Å². The molecule has 0 aliphatic carbocycles. The molecule has 5 nitrogen and oxygen atoms in total. The number of aryl methyl sites for hydroxylation is 1. The Morgan fingerprint density at radius 2 is 1.96 bits per heavy atom. The molecular weight excluding hydrogens is 399 g/mol. The Kier molecular flexibility index (Phi) is 4.91. The second kappa shape index (κ2) is 7.37. The van der Waals surface area contributed by atoms with Crippen molar-refractivity contribution in [3.05, 3.63) is 76.2 Å². The van der Waals surface area contributed by atoms with E-state index in [-0.39, 0.29) is 10.8 Å². The van der Waals surface area contributed by atoms with Crippen LogP contribution >= 0.6 is 11.3 Å². The fourth-order valence-corrected chi connectivity index (χ4v) is 5.01. The van der Waals surface area contributed by atoms with E-state index < -0.39 is 15.8 Å². The Hall–Kier alpha value is -2.71. The highest BCUT2D eigenvalue weighted by molar-refractivity contribution is 7.92. The number of nitrogens with zero attached hydrogens (tertiary/aromatic N) is 1. The quantitative estimate of drug-likeness (QED) is 0.690. The minimum Gasteiger partial charge on any atom is -0.307 e. The first kappa shape index (κ1) is 18.6. The monoisotopic (exact) mass is 416 g/mol. The summed E-state index contributed by atoms with van der Waals surface area (Å²) in [4.78, 5) is 15.0. The number of amides is 1. The van der Waals surface area contributed by atoms with E-state index in [4.69, 9.17) is 0 Å². The lowest BCUT2D eigenvalue weighted by Crippen LogP contribution is -2.35. The van der Waals surface area contributed by atoms with Crippen molar-refractivity contribution in [1.82, 2.24) is 0 Å². The van der Waals surface area contributed by atoms with Crippen molar-refractivity contribution in [2.45, 2.75) is 17.7 Å². The van der Waals surface area contributed by atoms with E-state index >= 15 is 0 Å². The number of nitrogens with one attached hydrogen (secondary N) is 1. The molecule has 2 aromatic carbocycles. The molecular formula is C20H17FN2O3S2. The van der Waals surface area contributed by atoms with Crippen LogP contribution in [0.5, 0.6) is 0 Å². The van der Waals surface area contributed by atoms with Crippen molar-refractivity contribution < 1.29 is 17.6 Å². The summed E-state index contributed by atoms with van der Waals surface area (Å²) < 4.78 is 40.9. The minimum absolute atomic E-state index is 0.0518. The van der Waals surface area contributed by atoms with E-state index in [1.54, 1.807) is 29.2 Å². The highest BCUT2D eigenvalue weighted by atomic mass is 32.2. The third-order valence-electron chi connectivity index (χ3n) is 4.53. The molecule has 0 atom stereocenters. The number of hydrogen-bond donors (Lipinski definition) is 1. The average molecular weight is 416 g/mol. The zero-order valence-corrected chi connectivity index (χ0v) is 16.4. The van der Waals surface area contributed by atoms with Gasteiger partial charge < -0.3 is 4.90 Å². The Morgan fingerprint density at radius 3 is 2.71 bits per heavy atom. The van der Waals surface area contributed by atoms with Gasteiger partial charge in [-0.05, 0) is 66.2 Å². The fourth-order valence-electron chi connectivity index (χ4n) is 3.25. The van der Waals surface area contributed by atoms with Crippen LogP contribution in [0.3, 0.4) is 0 Å². The van der Waals surface area contributed by atoms with Crippen molar-refractivity contribution in [2.75, 3.05) is 16.2 Å². The third kappa shape index (κ3) is 3.65. The third-order valence-corrected chi connectivity index (χ3v) is 6.77. The number of carbonyl (C=O) groups excluding carboxylic acids is 1. The van der Waals surface area contributed by atoms with Crippen molar-refractivity contribution >= 4 is 38.6 Å². The normalized spacial score (nSPS) is 13.8. The first-order valence-corrected chi connectivity index (χ1v) is 11.1. The summed E-state index contributed by atoms with van der Waals surface area (Å²) >= 11 is 1.40. The molecule has 2 heterocycles. The standard InChI is InChI=1S/C20H17FN2O3S2/c21-15-5-1-6-17(13-15)28(25,26)22-16-8-9-18-14(12-16)4-2-10-23(18)20(24)19-7-3-11-27-19/h1,3,5-9,11-13,22H,2,4,10H2. The van der Waals surface area contributed by atoms with Gasteiger partial charge in [0.05, 0.1) is 9.77 Å². The summed E-state index contributed by atoms with van der Waals surface area (Å²) in [5, 5.41) is 1.86. The number of carbonyl (C=O) groups is 1. The zero-order chi connectivity index (χ0) is 19.7. The molecule has 1 N–H and O–H groups in total. The summed E-state index contributed by atoms with van der Waals surface area (Å²) in [6, 6.07) is 13.6. The van der Waals surface area contributed by atoms with Gasteiger partial charge in [-0.1, -0.05) is 12.1 Å². The van der Waals surface area contributed by atoms with E-state index in [0.717, 1.165) is 30.2 Å². The Balaban J connectivity index is 1.61. The number of fused-ring (bicyclic) bond motifs is 1. The van der Waals surface area contributed by atoms with Gasteiger partial charge in [-0.2, -0.15) is 0 Å². The topological polar surface area (TPSA) is 66.5 Å². The SMILES string of the molecule is O=C(c1cccs1)N1CCCc2cc(NS(=O)(=O)c3cccc(F)c3)ccc21. The molecule has 0 spiro atoms. The molecule has 1 aromatic heterocycles. The van der Waals surface area contributed by atoms with Crippen LogP contribution in [0, 0.1) is 5.82 Å². The van der Waals surface area contributed by atoms with E-state index in [1.807, 2.05) is 11.4 Å². The number of anilines is 2. The predicted molar refractivity (Wildman–Crippen MR) is 108 cm³/mol. The second-order valence-electron chi connectivity index (χ2n) is 6.44. The highest BCUT2D eigenvalue weighted by Crippen LogP contribution is 2.32. The molecule has 1 aliphatic heterocycles. The van der Waals surface area contributed by atoms with Crippen LogP contribution in [-0.4, -0.2) is 20.9 Å². The zero-order valence-electron chi connectivity index (χ0n) is 14.8. The van der Waals surface area contributed by atoms with Crippen LogP contribution in [0.15, 0.2) is 64.9 Å². The Labute approximate surface area is 166 Å². The molecule has 3 aromatic rings. The number of benzene rings is 2. The summed E-state index contributed by atoms with van der Waals surface area (Å²) in [5.41, 5.74) is 2.07. The molecule has 1 aliphatic rings. The molecule has 0 fully saturated rings. The van der Waals surface area contributed by atoms with Crippen LogP contribution in [-0.2, 0) is 16.4 Å². The number of thiophene rings is 1. The molecule has 0 bridgehead atoms. The number of hydrogen-bond acceptors (Lipinski definition) is 4. The van der Waals surface area contributed by atoms with Crippen molar-refractivity contribution in [3.8, 4) is 0 Å². The fraction of sp³-hybridized carbons (Fsp3) is 0.150. The van der Waals surface area contributed by atoms with Gasteiger partial charge in [-0.3, -0.25) is 9.52 Å². The van der Waals surface area contributed by atoms with Gasteiger partial charge in [-0.25, -0.2) is 12.8 Å². The molecule has 28 heavy (non-hydrogen) atoms. The van der Waals surface area contributed by atoms with E-state index in [0.29, 0.717) is 17.1 Å². The van der Waals surface area contributed by atoms with E-state index in [9.17, 15) is 17.6 Å². The maximum Gasteiger partial charge on any atom is 0.268 e. The van der Waals surface area contributed by atoms with Crippen molar-refractivity contribution in [1.29, 1.82) is 0 Å².